The maximum Gasteiger partial charge on any atom is 0.243 e. The van der Waals surface area contributed by atoms with E-state index < -0.39 is 10.0 Å². The van der Waals surface area contributed by atoms with E-state index in [-0.39, 0.29) is 10.9 Å². The molecule has 0 bridgehead atoms. The van der Waals surface area contributed by atoms with Gasteiger partial charge >= 0.3 is 0 Å². The number of hydrogen-bond acceptors (Lipinski definition) is 4. The number of rotatable bonds is 6. The van der Waals surface area contributed by atoms with E-state index in [1.807, 2.05) is 19.2 Å². The molecule has 0 aromatic heterocycles. The first-order valence-corrected chi connectivity index (χ1v) is 8.74. The molecule has 0 saturated heterocycles. The lowest BCUT2D eigenvalue weighted by molar-refractivity contribution is 0.382. The average molecular weight is 298 g/mol. The van der Waals surface area contributed by atoms with Gasteiger partial charge in [-0.3, -0.25) is 0 Å². The number of thioether (sulfide) groups is 1. The van der Waals surface area contributed by atoms with Crippen LogP contribution in [0.1, 0.15) is 18.9 Å². The lowest BCUT2D eigenvalue weighted by Gasteiger charge is -2.24. The molecule has 1 atom stereocenters. The lowest BCUT2D eigenvalue weighted by atomic mass is 10.2. The Morgan fingerprint density at radius 3 is 2.42 bits per heavy atom. The van der Waals surface area contributed by atoms with E-state index in [9.17, 15) is 8.42 Å². The molecule has 1 unspecified atom stereocenters. The van der Waals surface area contributed by atoms with Crippen molar-refractivity contribution in [3.05, 3.63) is 29.8 Å². The summed E-state index contributed by atoms with van der Waals surface area (Å²) in [4.78, 5) is 0.227. The zero-order valence-corrected chi connectivity index (χ0v) is 13.0. The van der Waals surface area contributed by atoms with Crippen LogP contribution in [0.3, 0.4) is 0 Å². The van der Waals surface area contributed by atoms with Gasteiger partial charge in [0.15, 0.2) is 0 Å². The third-order valence-electron chi connectivity index (χ3n) is 3.02. The standard InChI is InChI=1S/C13H18N2O2S2/c1-11(8-9-18-3)15(2)19(16,17)13-6-4-12(10-14)5-7-13/h4-7,11H,8-9H2,1-3H3. The molecule has 1 aromatic carbocycles. The van der Waals surface area contributed by atoms with Crippen LogP contribution in [0, 0.1) is 11.3 Å². The van der Waals surface area contributed by atoms with Crippen LogP contribution in [0.4, 0.5) is 0 Å². The Labute approximate surface area is 119 Å². The Hall–Kier alpha value is -1.03. The molecule has 0 fully saturated rings. The summed E-state index contributed by atoms with van der Waals surface area (Å²) in [5, 5.41) is 8.71. The van der Waals surface area contributed by atoms with E-state index in [1.54, 1.807) is 18.8 Å². The predicted molar refractivity (Wildman–Crippen MR) is 78.6 cm³/mol. The van der Waals surface area contributed by atoms with Gasteiger partial charge in [-0.05, 0) is 49.6 Å². The summed E-state index contributed by atoms with van der Waals surface area (Å²) in [6.45, 7) is 1.90. The number of nitriles is 1. The highest BCUT2D eigenvalue weighted by Gasteiger charge is 2.24. The molecular weight excluding hydrogens is 280 g/mol. The molecule has 6 heteroatoms. The summed E-state index contributed by atoms with van der Waals surface area (Å²) in [5.74, 6) is 0.925. The minimum absolute atomic E-state index is 0.0481. The molecule has 0 heterocycles. The maximum atomic E-state index is 12.4. The highest BCUT2D eigenvalue weighted by Crippen LogP contribution is 2.19. The summed E-state index contributed by atoms with van der Waals surface area (Å²) in [6.07, 6.45) is 2.81. The fraction of sp³-hybridized carbons (Fsp3) is 0.462. The molecular formula is C13H18N2O2S2. The number of benzene rings is 1. The Kier molecular flexibility index (Phi) is 5.85. The van der Waals surface area contributed by atoms with E-state index >= 15 is 0 Å². The Morgan fingerprint density at radius 1 is 1.37 bits per heavy atom. The van der Waals surface area contributed by atoms with E-state index in [2.05, 4.69) is 0 Å². The molecule has 0 radical (unpaired) electrons. The third kappa shape index (κ3) is 3.96. The second-order valence-electron chi connectivity index (χ2n) is 4.29. The zero-order valence-electron chi connectivity index (χ0n) is 11.3. The van der Waals surface area contributed by atoms with Gasteiger partial charge in [-0.2, -0.15) is 21.3 Å². The van der Waals surface area contributed by atoms with Crippen LogP contribution in [0.15, 0.2) is 29.2 Å². The summed E-state index contributed by atoms with van der Waals surface area (Å²) >= 11 is 1.70. The first-order chi connectivity index (χ1) is 8.93. The first kappa shape index (κ1) is 16.0. The van der Waals surface area contributed by atoms with Gasteiger partial charge in [0.25, 0.3) is 0 Å². The van der Waals surface area contributed by atoms with Crippen LogP contribution in [-0.2, 0) is 10.0 Å². The fourth-order valence-corrected chi connectivity index (χ4v) is 3.54. The minimum atomic E-state index is -3.48. The van der Waals surface area contributed by atoms with Gasteiger partial charge in [0, 0.05) is 13.1 Å². The molecule has 1 aromatic rings. The molecule has 0 saturated carbocycles. The van der Waals surface area contributed by atoms with Crippen molar-refractivity contribution in [2.24, 2.45) is 0 Å². The number of nitrogens with zero attached hydrogens (tertiary/aromatic N) is 2. The van der Waals surface area contributed by atoms with Crippen molar-refractivity contribution in [3.8, 4) is 6.07 Å². The van der Waals surface area contributed by atoms with Crippen molar-refractivity contribution in [3.63, 3.8) is 0 Å². The third-order valence-corrected chi connectivity index (χ3v) is 5.65. The van der Waals surface area contributed by atoms with E-state index in [4.69, 9.17) is 5.26 Å². The van der Waals surface area contributed by atoms with Crippen molar-refractivity contribution in [1.82, 2.24) is 4.31 Å². The summed E-state index contributed by atoms with van der Waals surface area (Å²) < 4.78 is 26.1. The second-order valence-corrected chi connectivity index (χ2v) is 7.27. The van der Waals surface area contributed by atoms with Crippen molar-refractivity contribution in [1.29, 1.82) is 5.26 Å². The van der Waals surface area contributed by atoms with Gasteiger partial charge in [0.2, 0.25) is 10.0 Å². The largest absolute Gasteiger partial charge is 0.243 e. The SMILES string of the molecule is CSCCC(C)N(C)S(=O)(=O)c1ccc(C#N)cc1. The molecule has 0 aliphatic carbocycles. The summed E-state index contributed by atoms with van der Waals surface area (Å²) in [6, 6.07) is 7.92. The molecule has 104 valence electrons. The molecule has 4 nitrogen and oxygen atoms in total. The summed E-state index contributed by atoms with van der Waals surface area (Å²) in [5.41, 5.74) is 0.456. The maximum absolute atomic E-state index is 12.4. The first-order valence-electron chi connectivity index (χ1n) is 5.90. The van der Waals surface area contributed by atoms with Crippen LogP contribution >= 0.6 is 11.8 Å². The number of hydrogen-bond donors (Lipinski definition) is 0. The smallest absolute Gasteiger partial charge is 0.207 e. The van der Waals surface area contributed by atoms with Gasteiger partial charge in [-0.1, -0.05) is 0 Å². The lowest BCUT2D eigenvalue weighted by Crippen LogP contribution is -2.35. The van der Waals surface area contributed by atoms with Crippen LogP contribution in [-0.4, -0.2) is 37.8 Å². The molecule has 19 heavy (non-hydrogen) atoms. The van der Waals surface area contributed by atoms with Crippen LogP contribution in [0.25, 0.3) is 0 Å². The van der Waals surface area contributed by atoms with Crippen molar-refractivity contribution < 1.29 is 8.42 Å². The van der Waals surface area contributed by atoms with Crippen molar-refractivity contribution in [2.75, 3.05) is 19.1 Å². The van der Waals surface area contributed by atoms with Gasteiger partial charge in [-0.25, -0.2) is 8.42 Å². The second kappa shape index (κ2) is 6.94. The van der Waals surface area contributed by atoms with Crippen LogP contribution < -0.4 is 0 Å². The minimum Gasteiger partial charge on any atom is -0.207 e. The van der Waals surface area contributed by atoms with E-state index in [0.717, 1.165) is 12.2 Å². The zero-order chi connectivity index (χ0) is 14.5. The van der Waals surface area contributed by atoms with E-state index in [1.165, 1.54) is 28.6 Å². The van der Waals surface area contributed by atoms with Crippen LogP contribution in [0.5, 0.6) is 0 Å². The molecule has 0 amide bonds. The van der Waals surface area contributed by atoms with Gasteiger partial charge in [0.1, 0.15) is 0 Å². The fourth-order valence-electron chi connectivity index (χ4n) is 1.57. The molecule has 0 aliphatic rings. The van der Waals surface area contributed by atoms with Gasteiger partial charge in [0.05, 0.1) is 16.5 Å². The molecule has 1 rings (SSSR count). The van der Waals surface area contributed by atoms with Gasteiger partial charge in [-0.15, -0.1) is 0 Å². The molecule has 0 N–H and O–H groups in total. The van der Waals surface area contributed by atoms with E-state index in [0.29, 0.717) is 5.56 Å². The normalized spacial score (nSPS) is 13.2. The Bertz CT molecular complexity index is 547. The summed E-state index contributed by atoms with van der Waals surface area (Å²) in [7, 11) is -1.88. The highest BCUT2D eigenvalue weighted by atomic mass is 32.2. The quantitative estimate of drug-likeness (QED) is 0.808. The Balaban J connectivity index is 2.93. The topological polar surface area (TPSA) is 61.2 Å². The predicted octanol–water partition coefficient (Wildman–Crippen LogP) is 2.32. The molecule has 0 spiro atoms. The monoisotopic (exact) mass is 298 g/mol. The number of sulfonamides is 1. The van der Waals surface area contributed by atoms with Crippen LogP contribution in [0.2, 0.25) is 0 Å². The van der Waals surface area contributed by atoms with Gasteiger partial charge < -0.3 is 0 Å². The highest BCUT2D eigenvalue weighted by molar-refractivity contribution is 7.98. The van der Waals surface area contributed by atoms with Crippen molar-refractivity contribution >= 4 is 21.8 Å². The average Bonchev–Trinajstić information content (AvgIpc) is 2.43. The molecule has 0 aliphatic heterocycles. The van der Waals surface area contributed by atoms with Crippen molar-refractivity contribution in [2.45, 2.75) is 24.3 Å². The Morgan fingerprint density at radius 2 is 1.95 bits per heavy atom.